The molecule has 0 aliphatic heterocycles. The Morgan fingerprint density at radius 1 is 1.29 bits per heavy atom. The Labute approximate surface area is 150 Å². The normalized spacial score (nSPS) is 14.3. The Balaban J connectivity index is 1.96. The molecule has 132 valence electrons. The Bertz CT molecular complexity index is 599. The largest absolute Gasteiger partial charge is 0.493 e. The van der Waals surface area contributed by atoms with Gasteiger partial charge in [0.2, 0.25) is 0 Å². The highest BCUT2D eigenvalue weighted by atomic mass is 79.9. The third kappa shape index (κ3) is 4.87. The van der Waals surface area contributed by atoms with E-state index in [1.807, 2.05) is 6.92 Å². The molecule has 0 atom stereocenters. The van der Waals surface area contributed by atoms with Gasteiger partial charge in [0.25, 0.3) is 5.91 Å². The quantitative estimate of drug-likeness (QED) is 0.713. The number of nitrogens with one attached hydrogen (secondary N) is 1. The molecule has 0 spiro atoms. The van der Waals surface area contributed by atoms with Gasteiger partial charge in [0.1, 0.15) is 0 Å². The third-order valence-corrected chi connectivity index (χ3v) is 4.40. The molecule has 1 fully saturated rings. The first-order valence-electron chi connectivity index (χ1n) is 8.02. The maximum absolute atomic E-state index is 12.2. The third-order valence-electron chi connectivity index (χ3n) is 3.81. The number of ether oxygens (including phenoxy) is 3. The molecule has 0 heterocycles. The number of carbonyl (C=O) groups excluding carboxylic acids is 2. The molecular weight excluding hydrogens is 378 g/mol. The van der Waals surface area contributed by atoms with Crippen molar-refractivity contribution in [3.05, 3.63) is 22.2 Å². The molecule has 1 aromatic carbocycles. The smallest absolute Gasteiger partial charge is 0.338 e. The molecule has 1 aliphatic carbocycles. The summed E-state index contributed by atoms with van der Waals surface area (Å²) in [6.45, 7) is 2.04. The van der Waals surface area contributed by atoms with Gasteiger partial charge in [-0.25, -0.2) is 4.79 Å². The van der Waals surface area contributed by atoms with Crippen LogP contribution in [0.25, 0.3) is 0 Å². The van der Waals surface area contributed by atoms with Gasteiger partial charge in [-0.1, -0.05) is 12.8 Å². The highest BCUT2D eigenvalue weighted by molar-refractivity contribution is 9.10. The molecule has 0 saturated heterocycles. The average molecular weight is 400 g/mol. The van der Waals surface area contributed by atoms with Gasteiger partial charge in [0.05, 0.1) is 23.8 Å². The highest BCUT2D eigenvalue weighted by Crippen LogP contribution is 2.36. The van der Waals surface area contributed by atoms with Gasteiger partial charge in [-0.2, -0.15) is 0 Å². The van der Waals surface area contributed by atoms with Crippen molar-refractivity contribution in [2.24, 2.45) is 0 Å². The lowest BCUT2D eigenvalue weighted by Gasteiger charge is -2.14. The van der Waals surface area contributed by atoms with E-state index in [0.717, 1.165) is 25.7 Å². The van der Waals surface area contributed by atoms with Crippen molar-refractivity contribution in [3.63, 3.8) is 0 Å². The van der Waals surface area contributed by atoms with Gasteiger partial charge in [-0.3, -0.25) is 4.79 Å². The van der Waals surface area contributed by atoms with Crippen LogP contribution in [0.2, 0.25) is 0 Å². The Morgan fingerprint density at radius 2 is 2.00 bits per heavy atom. The minimum Gasteiger partial charge on any atom is -0.493 e. The molecule has 7 heteroatoms. The van der Waals surface area contributed by atoms with E-state index in [-0.39, 0.29) is 24.1 Å². The topological polar surface area (TPSA) is 73.9 Å². The van der Waals surface area contributed by atoms with Crippen molar-refractivity contribution in [3.8, 4) is 11.5 Å². The van der Waals surface area contributed by atoms with Crippen molar-refractivity contribution in [2.45, 2.75) is 38.6 Å². The molecule has 24 heavy (non-hydrogen) atoms. The average Bonchev–Trinajstić information content (AvgIpc) is 3.07. The minimum atomic E-state index is -0.585. The van der Waals surface area contributed by atoms with Crippen molar-refractivity contribution in [2.75, 3.05) is 20.3 Å². The first kappa shape index (κ1) is 18.6. The fourth-order valence-corrected chi connectivity index (χ4v) is 3.23. The fourth-order valence-electron chi connectivity index (χ4n) is 2.68. The van der Waals surface area contributed by atoms with Gasteiger partial charge in [0, 0.05) is 6.04 Å². The van der Waals surface area contributed by atoms with Crippen molar-refractivity contribution in [1.82, 2.24) is 5.32 Å². The first-order chi connectivity index (χ1) is 11.5. The predicted octanol–water partition coefficient (Wildman–Crippen LogP) is 3.07. The highest BCUT2D eigenvalue weighted by Gasteiger charge is 2.20. The summed E-state index contributed by atoms with van der Waals surface area (Å²) in [7, 11) is 1.49. The van der Waals surface area contributed by atoms with E-state index in [4.69, 9.17) is 14.2 Å². The van der Waals surface area contributed by atoms with Gasteiger partial charge in [0.15, 0.2) is 18.1 Å². The molecule has 0 unspecified atom stereocenters. The molecule has 0 bridgehead atoms. The Morgan fingerprint density at radius 3 is 2.62 bits per heavy atom. The van der Waals surface area contributed by atoms with Gasteiger partial charge in [-0.05, 0) is 47.8 Å². The second-order valence-electron chi connectivity index (χ2n) is 5.55. The zero-order valence-electron chi connectivity index (χ0n) is 13.9. The lowest BCUT2D eigenvalue weighted by Crippen LogP contribution is -2.35. The fraction of sp³-hybridized carbons (Fsp3) is 0.529. The Kier molecular flexibility index (Phi) is 6.90. The number of benzene rings is 1. The number of esters is 1. The molecule has 1 aliphatic rings. The van der Waals surface area contributed by atoms with Crippen molar-refractivity contribution < 1.29 is 23.8 Å². The number of halogens is 1. The zero-order valence-corrected chi connectivity index (χ0v) is 15.5. The summed E-state index contributed by atoms with van der Waals surface area (Å²) in [5.41, 5.74) is 0.288. The van der Waals surface area contributed by atoms with Crippen LogP contribution < -0.4 is 14.8 Å². The summed E-state index contributed by atoms with van der Waals surface area (Å²) in [5.74, 6) is 0.0925. The molecule has 1 amide bonds. The summed E-state index contributed by atoms with van der Waals surface area (Å²) in [6.07, 6.45) is 4.24. The second kappa shape index (κ2) is 8.92. The zero-order chi connectivity index (χ0) is 17.5. The van der Waals surface area contributed by atoms with Crippen molar-refractivity contribution in [1.29, 1.82) is 0 Å². The summed E-state index contributed by atoms with van der Waals surface area (Å²) in [6, 6.07) is 3.33. The first-order valence-corrected chi connectivity index (χ1v) is 8.81. The molecule has 6 nitrogen and oxygen atoms in total. The van der Waals surface area contributed by atoms with E-state index < -0.39 is 5.97 Å². The molecule has 2 rings (SSSR count). The number of rotatable bonds is 7. The van der Waals surface area contributed by atoms with Crippen LogP contribution in [-0.2, 0) is 9.53 Å². The SMILES string of the molecule is CCOc1c(Br)cc(C(=O)OCC(=O)NC2CCCC2)cc1OC. The van der Waals surface area contributed by atoms with E-state index in [9.17, 15) is 9.59 Å². The lowest BCUT2D eigenvalue weighted by atomic mass is 10.2. The van der Waals surface area contributed by atoms with Crippen molar-refractivity contribution >= 4 is 27.8 Å². The van der Waals surface area contributed by atoms with E-state index in [1.54, 1.807) is 6.07 Å². The van der Waals surface area contributed by atoms with E-state index >= 15 is 0 Å². The van der Waals surface area contributed by atoms with E-state index in [2.05, 4.69) is 21.2 Å². The van der Waals surface area contributed by atoms with Crippen LogP contribution in [0, 0.1) is 0 Å². The van der Waals surface area contributed by atoms with Crippen LogP contribution in [0.5, 0.6) is 11.5 Å². The molecule has 1 aromatic rings. The van der Waals surface area contributed by atoms with Crippen LogP contribution in [-0.4, -0.2) is 38.2 Å². The molecule has 1 saturated carbocycles. The van der Waals surface area contributed by atoms with Crippen LogP contribution in [0.15, 0.2) is 16.6 Å². The number of hydrogen-bond acceptors (Lipinski definition) is 5. The summed E-state index contributed by atoms with van der Waals surface area (Å²) in [5, 5.41) is 2.88. The summed E-state index contributed by atoms with van der Waals surface area (Å²) < 4.78 is 16.4. The van der Waals surface area contributed by atoms with Crippen LogP contribution in [0.4, 0.5) is 0 Å². The maximum atomic E-state index is 12.2. The van der Waals surface area contributed by atoms with E-state index in [0.29, 0.717) is 22.6 Å². The summed E-state index contributed by atoms with van der Waals surface area (Å²) in [4.78, 5) is 24.0. The minimum absolute atomic E-state index is 0.205. The molecule has 0 radical (unpaired) electrons. The number of amides is 1. The summed E-state index contributed by atoms with van der Waals surface area (Å²) >= 11 is 3.35. The predicted molar refractivity (Wildman–Crippen MR) is 92.5 cm³/mol. The Hall–Kier alpha value is -1.76. The van der Waals surface area contributed by atoms with Gasteiger partial charge in [-0.15, -0.1) is 0 Å². The van der Waals surface area contributed by atoms with Gasteiger partial charge >= 0.3 is 5.97 Å². The number of carbonyl (C=O) groups is 2. The van der Waals surface area contributed by atoms with Crippen LogP contribution in [0.3, 0.4) is 0 Å². The molecular formula is C17H22BrNO5. The lowest BCUT2D eigenvalue weighted by molar-refractivity contribution is -0.124. The standard InChI is InChI=1S/C17H22BrNO5/c1-3-23-16-13(18)8-11(9-14(16)22-2)17(21)24-10-15(20)19-12-6-4-5-7-12/h8-9,12H,3-7,10H2,1-2H3,(H,19,20). The van der Waals surface area contributed by atoms with Crippen LogP contribution in [0.1, 0.15) is 43.0 Å². The van der Waals surface area contributed by atoms with Crippen LogP contribution >= 0.6 is 15.9 Å². The van der Waals surface area contributed by atoms with Gasteiger partial charge < -0.3 is 19.5 Å². The maximum Gasteiger partial charge on any atom is 0.338 e. The molecule has 0 aromatic heterocycles. The number of methoxy groups -OCH3 is 1. The van der Waals surface area contributed by atoms with E-state index in [1.165, 1.54) is 13.2 Å². The number of hydrogen-bond donors (Lipinski definition) is 1. The molecule has 1 N–H and O–H groups in total. The second-order valence-corrected chi connectivity index (χ2v) is 6.40. The monoisotopic (exact) mass is 399 g/mol.